The van der Waals surface area contributed by atoms with Crippen LogP contribution in [0.1, 0.15) is 44.7 Å². The molecule has 2 heterocycles. The average Bonchev–Trinajstić information content (AvgIpc) is 3.06. The molecule has 0 bridgehead atoms. The highest BCUT2D eigenvalue weighted by atomic mass is 16.2. The van der Waals surface area contributed by atoms with Crippen molar-refractivity contribution in [2.45, 2.75) is 64.6 Å². The molecule has 212 valence electrons. The number of pyridine rings is 1. The molecule has 41 heavy (non-hydrogen) atoms. The van der Waals surface area contributed by atoms with E-state index in [9.17, 15) is 14.4 Å². The number of rotatable bonds is 8. The number of carbonyl (C=O) groups excluding carboxylic acids is 3. The Labute approximate surface area is 241 Å². The fraction of sp³-hybridized carbons (Fsp3) is 0.353. The van der Waals surface area contributed by atoms with Crippen molar-refractivity contribution in [3.05, 3.63) is 90.1 Å². The van der Waals surface area contributed by atoms with Crippen molar-refractivity contribution < 1.29 is 14.4 Å². The molecule has 1 aliphatic rings. The zero-order valence-electron chi connectivity index (χ0n) is 24.0. The molecule has 7 nitrogen and oxygen atoms in total. The first-order chi connectivity index (χ1) is 19.7. The Bertz CT molecular complexity index is 1580. The lowest BCUT2D eigenvalue weighted by atomic mass is 9.97. The van der Waals surface area contributed by atoms with Crippen LogP contribution in [0.3, 0.4) is 0 Å². The third kappa shape index (κ3) is 6.24. The molecule has 0 aliphatic carbocycles. The summed E-state index contributed by atoms with van der Waals surface area (Å²) in [6.45, 7) is 6.44. The van der Waals surface area contributed by atoms with Gasteiger partial charge in [0.1, 0.15) is 12.1 Å². The minimum atomic E-state index is -0.801. The Hall–Kier alpha value is -4.26. The van der Waals surface area contributed by atoms with Crippen LogP contribution in [-0.4, -0.2) is 57.2 Å². The molecule has 7 heteroatoms. The fourth-order valence-electron chi connectivity index (χ4n) is 6.02. The van der Waals surface area contributed by atoms with Gasteiger partial charge >= 0.3 is 0 Å². The van der Waals surface area contributed by atoms with Crippen LogP contribution in [0.15, 0.2) is 79.0 Å². The summed E-state index contributed by atoms with van der Waals surface area (Å²) in [6, 6.07) is 22.3. The summed E-state index contributed by atoms with van der Waals surface area (Å²) < 4.78 is 0. The van der Waals surface area contributed by atoms with Gasteiger partial charge in [-0.1, -0.05) is 74.5 Å². The summed E-state index contributed by atoms with van der Waals surface area (Å²) in [7, 11) is 0. The Balaban J connectivity index is 1.42. The lowest BCUT2D eigenvalue weighted by Gasteiger charge is -2.36. The second-order valence-corrected chi connectivity index (χ2v) is 11.6. The molecule has 3 aromatic carbocycles. The first kappa shape index (κ1) is 28.3. The van der Waals surface area contributed by atoms with E-state index in [0.717, 1.165) is 32.8 Å². The van der Waals surface area contributed by atoms with Gasteiger partial charge in [-0.3, -0.25) is 19.4 Å². The molecule has 0 saturated carbocycles. The van der Waals surface area contributed by atoms with Gasteiger partial charge in [-0.05, 0) is 59.7 Å². The topological polar surface area (TPSA) is 96.6 Å². The largest absolute Gasteiger partial charge is 0.368 e. The second kappa shape index (κ2) is 12.1. The van der Waals surface area contributed by atoms with Crippen LogP contribution < -0.4 is 5.73 Å². The summed E-state index contributed by atoms with van der Waals surface area (Å²) in [4.78, 5) is 48.8. The van der Waals surface area contributed by atoms with Crippen LogP contribution in [0.25, 0.3) is 21.7 Å². The van der Waals surface area contributed by atoms with E-state index in [1.807, 2.05) is 87.5 Å². The number of primary amides is 1. The number of amides is 3. The molecule has 3 amide bonds. The van der Waals surface area contributed by atoms with Gasteiger partial charge in [0.25, 0.3) is 0 Å². The average molecular weight is 551 g/mol. The van der Waals surface area contributed by atoms with Crippen LogP contribution in [0.2, 0.25) is 0 Å². The second-order valence-electron chi connectivity index (χ2n) is 11.6. The van der Waals surface area contributed by atoms with E-state index in [2.05, 4.69) is 11.1 Å². The van der Waals surface area contributed by atoms with E-state index >= 15 is 0 Å². The van der Waals surface area contributed by atoms with Gasteiger partial charge in [-0.2, -0.15) is 0 Å². The van der Waals surface area contributed by atoms with Gasteiger partial charge in [0.2, 0.25) is 17.7 Å². The summed E-state index contributed by atoms with van der Waals surface area (Å²) in [6.07, 6.45) is 3.28. The van der Waals surface area contributed by atoms with Gasteiger partial charge in [-0.25, -0.2) is 0 Å². The van der Waals surface area contributed by atoms with Crippen molar-refractivity contribution in [3.63, 3.8) is 0 Å². The summed E-state index contributed by atoms with van der Waals surface area (Å²) in [5.74, 6) is -0.691. The Kier molecular flexibility index (Phi) is 8.34. The number of fused-ring (bicyclic) bond motifs is 2. The molecular formula is C34H38N4O3. The normalized spacial score (nSPS) is 18.6. The number of nitrogens with two attached hydrogens (primary N) is 1. The van der Waals surface area contributed by atoms with E-state index in [4.69, 9.17) is 5.73 Å². The van der Waals surface area contributed by atoms with Crippen molar-refractivity contribution in [2.24, 2.45) is 11.7 Å². The van der Waals surface area contributed by atoms with E-state index < -0.39 is 18.0 Å². The molecule has 1 saturated heterocycles. The summed E-state index contributed by atoms with van der Waals surface area (Å²) in [5.41, 5.74) is 8.57. The Morgan fingerprint density at radius 2 is 1.63 bits per heavy atom. The highest BCUT2D eigenvalue weighted by Gasteiger charge is 2.42. The molecule has 1 aliphatic heterocycles. The van der Waals surface area contributed by atoms with Crippen LogP contribution in [0.4, 0.5) is 0 Å². The summed E-state index contributed by atoms with van der Waals surface area (Å²) >= 11 is 0. The van der Waals surface area contributed by atoms with Crippen molar-refractivity contribution in [1.82, 2.24) is 14.8 Å². The van der Waals surface area contributed by atoms with Gasteiger partial charge in [0.15, 0.2) is 0 Å². The molecule has 1 fully saturated rings. The zero-order valence-corrected chi connectivity index (χ0v) is 24.0. The number of hydrogen-bond donors (Lipinski definition) is 1. The maximum atomic E-state index is 14.2. The van der Waals surface area contributed by atoms with Crippen LogP contribution in [-0.2, 0) is 27.2 Å². The summed E-state index contributed by atoms with van der Waals surface area (Å²) in [5, 5.41) is 3.15. The lowest BCUT2D eigenvalue weighted by molar-refractivity contribution is -0.148. The maximum absolute atomic E-state index is 14.2. The number of para-hydroxylation sites is 1. The molecule has 2 N–H and O–H groups in total. The molecule has 3 atom stereocenters. The first-order valence-electron chi connectivity index (χ1n) is 14.4. The third-order valence-corrected chi connectivity index (χ3v) is 8.10. The SMILES string of the molecule is CC(C)CC1C(=O)N(C(Cc2ccc3ccccc3c2)C(N)=O)CCC(C)N1C(=O)Cc1cnc2ccccc2c1. The van der Waals surface area contributed by atoms with Crippen molar-refractivity contribution in [3.8, 4) is 0 Å². The highest BCUT2D eigenvalue weighted by molar-refractivity contribution is 5.93. The van der Waals surface area contributed by atoms with Gasteiger partial charge < -0.3 is 15.5 Å². The van der Waals surface area contributed by atoms with E-state index in [0.29, 0.717) is 25.8 Å². The van der Waals surface area contributed by atoms with Gasteiger partial charge in [-0.15, -0.1) is 0 Å². The Morgan fingerprint density at radius 1 is 0.951 bits per heavy atom. The molecule has 4 aromatic rings. The first-order valence-corrected chi connectivity index (χ1v) is 14.4. The Morgan fingerprint density at radius 3 is 2.37 bits per heavy atom. The van der Waals surface area contributed by atoms with E-state index in [-0.39, 0.29) is 30.2 Å². The van der Waals surface area contributed by atoms with Crippen LogP contribution in [0.5, 0.6) is 0 Å². The molecule has 3 unspecified atom stereocenters. The van der Waals surface area contributed by atoms with Gasteiger partial charge in [0.05, 0.1) is 11.9 Å². The monoisotopic (exact) mass is 550 g/mol. The number of aromatic nitrogens is 1. The van der Waals surface area contributed by atoms with E-state index in [1.165, 1.54) is 0 Å². The number of carbonyl (C=O) groups is 3. The fourth-order valence-corrected chi connectivity index (χ4v) is 6.02. The van der Waals surface area contributed by atoms with Crippen molar-refractivity contribution in [1.29, 1.82) is 0 Å². The van der Waals surface area contributed by atoms with Crippen molar-refractivity contribution in [2.75, 3.05) is 6.54 Å². The highest BCUT2D eigenvalue weighted by Crippen LogP contribution is 2.27. The minimum Gasteiger partial charge on any atom is -0.368 e. The molecule has 0 spiro atoms. The molecule has 0 radical (unpaired) electrons. The molecule has 1 aromatic heterocycles. The van der Waals surface area contributed by atoms with Gasteiger partial charge in [0, 0.05) is 30.6 Å². The predicted octanol–water partition coefficient (Wildman–Crippen LogP) is 4.89. The predicted molar refractivity (Wildman–Crippen MR) is 162 cm³/mol. The van der Waals surface area contributed by atoms with Crippen LogP contribution >= 0.6 is 0 Å². The lowest BCUT2D eigenvalue weighted by Crippen LogP contribution is -2.56. The molecule has 5 rings (SSSR count). The third-order valence-electron chi connectivity index (χ3n) is 8.10. The standard InChI is InChI=1S/C34H38N4O3/c1-22(2)16-31-34(41)37(30(33(35)40)19-24-12-13-26-8-4-5-9-27(26)17-24)15-14-23(3)38(31)32(39)20-25-18-28-10-6-7-11-29(28)36-21-25/h4-13,17-18,21-23,30-31H,14-16,19-20H2,1-3H3,(H2,35,40). The zero-order chi connectivity index (χ0) is 29.1. The number of benzene rings is 3. The number of hydrogen-bond acceptors (Lipinski definition) is 4. The van der Waals surface area contributed by atoms with Crippen molar-refractivity contribution >= 4 is 39.4 Å². The van der Waals surface area contributed by atoms with E-state index in [1.54, 1.807) is 16.0 Å². The maximum Gasteiger partial charge on any atom is 0.246 e. The number of nitrogens with zero attached hydrogens (tertiary/aromatic N) is 3. The van der Waals surface area contributed by atoms with Crippen LogP contribution in [0, 0.1) is 5.92 Å². The smallest absolute Gasteiger partial charge is 0.246 e. The quantitative estimate of drug-likeness (QED) is 0.338. The molecular weight excluding hydrogens is 512 g/mol. The minimum absolute atomic E-state index is 0.111.